The molecular formula is C17H13F3O3. The molecule has 3 rings (SSSR count). The molecule has 2 aromatic carbocycles. The van der Waals surface area contributed by atoms with Crippen LogP contribution in [0.15, 0.2) is 48.5 Å². The fraction of sp³-hybridized carbons (Fsp3) is 0.235. The van der Waals surface area contributed by atoms with Crippen LogP contribution in [0.4, 0.5) is 13.2 Å². The smallest absolute Gasteiger partial charge is 0.481 e. The van der Waals surface area contributed by atoms with Gasteiger partial charge < -0.3 is 9.84 Å². The van der Waals surface area contributed by atoms with E-state index in [9.17, 15) is 23.1 Å². The second kappa shape index (κ2) is 5.30. The van der Waals surface area contributed by atoms with Gasteiger partial charge in [-0.15, -0.1) is 13.2 Å². The van der Waals surface area contributed by atoms with Gasteiger partial charge in [0.25, 0.3) is 0 Å². The van der Waals surface area contributed by atoms with E-state index in [1.807, 2.05) is 0 Å². The molecule has 0 radical (unpaired) electrons. The van der Waals surface area contributed by atoms with Crippen molar-refractivity contribution >= 4 is 5.97 Å². The summed E-state index contributed by atoms with van der Waals surface area (Å²) in [6.45, 7) is 0. The van der Waals surface area contributed by atoms with Crippen molar-refractivity contribution in [3.05, 3.63) is 54.1 Å². The van der Waals surface area contributed by atoms with Gasteiger partial charge in [-0.05, 0) is 36.1 Å². The zero-order valence-corrected chi connectivity index (χ0v) is 11.9. The zero-order chi connectivity index (χ0) is 16.7. The third-order valence-corrected chi connectivity index (χ3v) is 4.00. The van der Waals surface area contributed by atoms with E-state index in [-0.39, 0.29) is 11.3 Å². The third kappa shape index (κ3) is 3.02. The molecule has 1 aliphatic rings. The average molecular weight is 322 g/mol. The highest BCUT2D eigenvalue weighted by Crippen LogP contribution is 2.49. The van der Waals surface area contributed by atoms with Gasteiger partial charge in [0.15, 0.2) is 0 Å². The average Bonchev–Trinajstić information content (AvgIpc) is 3.28. The Morgan fingerprint density at radius 1 is 1.09 bits per heavy atom. The van der Waals surface area contributed by atoms with E-state index in [0.717, 1.165) is 0 Å². The van der Waals surface area contributed by atoms with Crippen LogP contribution in [0.2, 0.25) is 0 Å². The summed E-state index contributed by atoms with van der Waals surface area (Å²) in [4.78, 5) is 11.4. The number of rotatable bonds is 4. The monoisotopic (exact) mass is 322 g/mol. The Morgan fingerprint density at radius 3 is 2.39 bits per heavy atom. The number of hydrogen-bond acceptors (Lipinski definition) is 2. The first-order valence-electron chi connectivity index (χ1n) is 7.01. The van der Waals surface area contributed by atoms with E-state index in [0.29, 0.717) is 24.0 Å². The van der Waals surface area contributed by atoms with Crippen LogP contribution in [-0.4, -0.2) is 17.4 Å². The lowest BCUT2D eigenvalue weighted by Crippen LogP contribution is -2.19. The molecule has 23 heavy (non-hydrogen) atoms. The fourth-order valence-corrected chi connectivity index (χ4v) is 2.65. The molecule has 1 N–H and O–H groups in total. The van der Waals surface area contributed by atoms with E-state index < -0.39 is 17.7 Å². The molecular weight excluding hydrogens is 309 g/mol. The summed E-state index contributed by atoms with van der Waals surface area (Å²) in [5.74, 6) is -1.22. The molecule has 0 aromatic heterocycles. The zero-order valence-electron chi connectivity index (χ0n) is 11.9. The second-order valence-electron chi connectivity index (χ2n) is 5.51. The van der Waals surface area contributed by atoms with E-state index in [4.69, 9.17) is 0 Å². The van der Waals surface area contributed by atoms with Gasteiger partial charge in [0.1, 0.15) is 5.75 Å². The molecule has 1 saturated carbocycles. The number of para-hydroxylation sites is 1. The van der Waals surface area contributed by atoms with Crippen molar-refractivity contribution in [1.29, 1.82) is 0 Å². The van der Waals surface area contributed by atoms with Crippen molar-refractivity contribution in [3.63, 3.8) is 0 Å². The first kappa shape index (κ1) is 15.4. The molecule has 0 spiro atoms. The third-order valence-electron chi connectivity index (χ3n) is 4.00. The molecule has 0 atom stereocenters. The first-order chi connectivity index (χ1) is 10.8. The highest BCUT2D eigenvalue weighted by Gasteiger charge is 2.51. The Hall–Kier alpha value is -2.50. The molecule has 6 heteroatoms. The van der Waals surface area contributed by atoms with Gasteiger partial charge in [-0.25, -0.2) is 0 Å². The van der Waals surface area contributed by atoms with E-state index >= 15 is 0 Å². The lowest BCUT2D eigenvalue weighted by Gasteiger charge is -2.15. The quantitative estimate of drug-likeness (QED) is 0.909. The predicted molar refractivity (Wildman–Crippen MR) is 77.1 cm³/mol. The molecule has 0 unspecified atom stereocenters. The maximum atomic E-state index is 12.5. The van der Waals surface area contributed by atoms with Gasteiger partial charge in [0, 0.05) is 5.56 Å². The fourth-order valence-electron chi connectivity index (χ4n) is 2.65. The summed E-state index contributed by atoms with van der Waals surface area (Å²) >= 11 is 0. The minimum atomic E-state index is -4.79. The summed E-state index contributed by atoms with van der Waals surface area (Å²) in [6, 6.07) is 12.4. The standard InChI is InChI=1S/C17H13F3O3/c18-17(19,20)23-14-7-2-1-6-13(14)11-4-3-5-12(10-11)16(8-9-16)15(21)22/h1-7,10H,8-9H2,(H,21,22). The largest absolute Gasteiger partial charge is 0.573 e. The van der Waals surface area contributed by atoms with Crippen LogP contribution < -0.4 is 4.74 Å². The van der Waals surface area contributed by atoms with Crippen molar-refractivity contribution in [2.75, 3.05) is 0 Å². The number of carboxylic acids is 1. The van der Waals surface area contributed by atoms with Crippen LogP contribution in [0.1, 0.15) is 18.4 Å². The number of aliphatic carboxylic acids is 1. The van der Waals surface area contributed by atoms with Gasteiger partial charge in [0.05, 0.1) is 5.41 Å². The minimum Gasteiger partial charge on any atom is -0.481 e. The highest BCUT2D eigenvalue weighted by atomic mass is 19.4. The number of carboxylic acid groups (broad SMARTS) is 1. The molecule has 0 amide bonds. The van der Waals surface area contributed by atoms with Crippen molar-refractivity contribution in [1.82, 2.24) is 0 Å². The number of ether oxygens (including phenoxy) is 1. The maximum absolute atomic E-state index is 12.5. The van der Waals surface area contributed by atoms with Gasteiger partial charge >= 0.3 is 12.3 Å². The molecule has 0 aliphatic heterocycles. The van der Waals surface area contributed by atoms with Crippen LogP contribution in [0.25, 0.3) is 11.1 Å². The van der Waals surface area contributed by atoms with E-state index in [2.05, 4.69) is 4.74 Å². The van der Waals surface area contributed by atoms with Crippen LogP contribution in [-0.2, 0) is 10.2 Å². The van der Waals surface area contributed by atoms with Crippen molar-refractivity contribution in [2.24, 2.45) is 0 Å². The van der Waals surface area contributed by atoms with Crippen LogP contribution in [0, 0.1) is 0 Å². The Labute approximate surface area is 130 Å². The summed E-state index contributed by atoms with van der Waals surface area (Å²) in [5.41, 5.74) is 0.461. The topological polar surface area (TPSA) is 46.5 Å². The Kier molecular flexibility index (Phi) is 3.55. The van der Waals surface area contributed by atoms with Crippen molar-refractivity contribution in [3.8, 4) is 16.9 Å². The minimum absolute atomic E-state index is 0.271. The summed E-state index contributed by atoms with van der Waals surface area (Å²) in [6.07, 6.45) is -3.72. The van der Waals surface area contributed by atoms with Crippen LogP contribution in [0.5, 0.6) is 5.75 Å². The SMILES string of the molecule is O=C(O)C1(c2cccc(-c3ccccc3OC(F)(F)F)c2)CC1. The molecule has 120 valence electrons. The number of alkyl halides is 3. The number of halogens is 3. The Morgan fingerprint density at radius 2 is 1.78 bits per heavy atom. The maximum Gasteiger partial charge on any atom is 0.573 e. The molecule has 0 heterocycles. The second-order valence-corrected chi connectivity index (χ2v) is 5.51. The van der Waals surface area contributed by atoms with E-state index in [1.165, 1.54) is 18.2 Å². The molecule has 3 nitrogen and oxygen atoms in total. The van der Waals surface area contributed by atoms with E-state index in [1.54, 1.807) is 30.3 Å². The number of carbonyl (C=O) groups is 1. The molecule has 1 aliphatic carbocycles. The molecule has 0 saturated heterocycles. The Balaban J connectivity index is 2.02. The Bertz CT molecular complexity index is 749. The number of benzene rings is 2. The van der Waals surface area contributed by atoms with Crippen molar-refractivity contribution < 1.29 is 27.8 Å². The molecule has 2 aromatic rings. The lowest BCUT2D eigenvalue weighted by molar-refractivity contribution is -0.274. The van der Waals surface area contributed by atoms with Gasteiger partial charge in [-0.3, -0.25) is 4.79 Å². The highest BCUT2D eigenvalue weighted by molar-refractivity contribution is 5.86. The van der Waals surface area contributed by atoms with Crippen molar-refractivity contribution in [2.45, 2.75) is 24.6 Å². The lowest BCUT2D eigenvalue weighted by atomic mass is 9.92. The summed E-state index contributed by atoms with van der Waals surface area (Å²) in [7, 11) is 0. The molecule has 0 bridgehead atoms. The van der Waals surface area contributed by atoms with Gasteiger partial charge in [-0.2, -0.15) is 0 Å². The summed E-state index contributed by atoms with van der Waals surface area (Å²) in [5, 5.41) is 9.35. The van der Waals surface area contributed by atoms with Gasteiger partial charge in [-0.1, -0.05) is 36.4 Å². The first-order valence-corrected chi connectivity index (χ1v) is 7.01. The molecule has 1 fully saturated rings. The van der Waals surface area contributed by atoms with Crippen LogP contribution in [0.3, 0.4) is 0 Å². The normalized spacial score (nSPS) is 16.0. The van der Waals surface area contributed by atoms with Crippen LogP contribution >= 0.6 is 0 Å². The summed E-state index contributed by atoms with van der Waals surface area (Å²) < 4.78 is 41.6. The van der Waals surface area contributed by atoms with Gasteiger partial charge in [0.2, 0.25) is 0 Å². The predicted octanol–water partition coefficient (Wildman–Crippen LogP) is 4.37. The number of hydrogen-bond donors (Lipinski definition) is 1.